The van der Waals surface area contributed by atoms with Gasteiger partial charge in [-0.3, -0.25) is 0 Å². The van der Waals surface area contributed by atoms with E-state index in [0.717, 1.165) is 6.20 Å². The molecule has 0 aliphatic carbocycles. The molecule has 0 amide bonds. The van der Waals surface area contributed by atoms with Gasteiger partial charge >= 0.3 is 6.18 Å². The van der Waals surface area contributed by atoms with Gasteiger partial charge in [0.25, 0.3) is 9.05 Å². The molecule has 1 heterocycles. The summed E-state index contributed by atoms with van der Waals surface area (Å²) in [5.41, 5.74) is -1.31. The summed E-state index contributed by atoms with van der Waals surface area (Å²) in [5.74, 6) is 0. The smallest absolute Gasteiger partial charge is 0.249 e. The molecule has 0 aliphatic heterocycles. The number of nitrogens with zero attached hydrogens (tertiary/aromatic N) is 1. The van der Waals surface area contributed by atoms with E-state index < -0.39 is 25.7 Å². The fourth-order valence-electron chi connectivity index (χ4n) is 0.878. The third-order valence-corrected chi connectivity index (χ3v) is 3.96. The molecule has 0 aliphatic rings. The molecule has 0 radical (unpaired) electrons. The van der Waals surface area contributed by atoms with Gasteiger partial charge in [-0.2, -0.15) is 13.2 Å². The van der Waals surface area contributed by atoms with E-state index in [4.69, 9.17) is 10.7 Å². The third kappa shape index (κ3) is 2.94. The van der Waals surface area contributed by atoms with Crippen LogP contribution in [0.3, 0.4) is 0 Å². The minimum atomic E-state index is -4.78. The maximum atomic E-state index is 12.4. The Labute approximate surface area is 101 Å². The van der Waals surface area contributed by atoms with Crippen LogP contribution in [0.1, 0.15) is 5.56 Å². The Morgan fingerprint density at radius 3 is 2.27 bits per heavy atom. The van der Waals surface area contributed by atoms with Gasteiger partial charge in [0.2, 0.25) is 0 Å². The van der Waals surface area contributed by atoms with Crippen LogP contribution in [0.5, 0.6) is 0 Å². The minimum absolute atomic E-state index is 0.308. The van der Waals surface area contributed by atoms with Gasteiger partial charge in [0.05, 0.1) is 5.56 Å². The number of alkyl halides is 3. The molecule has 1 aromatic heterocycles. The normalized spacial score (nSPS) is 12.9. The molecule has 1 aromatic rings. The second-order valence-electron chi connectivity index (χ2n) is 2.41. The van der Waals surface area contributed by atoms with E-state index in [1.165, 1.54) is 22.6 Å². The second-order valence-corrected chi connectivity index (χ2v) is 5.94. The molecule has 0 spiro atoms. The van der Waals surface area contributed by atoms with Crippen molar-refractivity contribution in [1.29, 1.82) is 0 Å². The lowest BCUT2D eigenvalue weighted by Crippen LogP contribution is -2.12. The van der Waals surface area contributed by atoms with E-state index in [1.54, 1.807) is 0 Å². The van der Waals surface area contributed by atoms with Gasteiger partial charge in [0.15, 0.2) is 0 Å². The zero-order valence-corrected chi connectivity index (χ0v) is 10.4. The van der Waals surface area contributed by atoms with Crippen LogP contribution >= 0.6 is 33.3 Å². The highest BCUT2D eigenvalue weighted by molar-refractivity contribution is 14.1. The molecule has 3 nitrogen and oxygen atoms in total. The number of hydrogen-bond acceptors (Lipinski definition) is 3. The zero-order valence-electron chi connectivity index (χ0n) is 6.72. The lowest BCUT2D eigenvalue weighted by atomic mass is 10.3. The lowest BCUT2D eigenvalue weighted by Gasteiger charge is -2.10. The monoisotopic (exact) mass is 371 g/mol. The van der Waals surface area contributed by atoms with E-state index in [2.05, 4.69) is 4.98 Å². The van der Waals surface area contributed by atoms with Crippen LogP contribution in [-0.4, -0.2) is 13.4 Å². The average Bonchev–Trinajstić information content (AvgIpc) is 1.99. The third-order valence-electron chi connectivity index (χ3n) is 1.41. The Balaban J connectivity index is 3.63. The molecule has 0 aromatic carbocycles. The molecule has 0 unspecified atom stereocenters. The first kappa shape index (κ1) is 13.0. The molecule has 0 atom stereocenters. The SMILES string of the molecule is O=S(=O)(Cl)c1c(C(F)(F)F)ccnc1I. The summed E-state index contributed by atoms with van der Waals surface area (Å²) in [6.07, 6.45) is -3.91. The van der Waals surface area contributed by atoms with Crippen LogP contribution in [0.15, 0.2) is 17.2 Å². The van der Waals surface area contributed by atoms with Crippen LogP contribution in [0.4, 0.5) is 13.2 Å². The summed E-state index contributed by atoms with van der Waals surface area (Å²) in [7, 11) is 0.437. The number of halogens is 5. The molecule has 0 bridgehead atoms. The maximum Gasteiger partial charge on any atom is 0.417 e. The average molecular weight is 372 g/mol. The molecule has 0 saturated heterocycles. The van der Waals surface area contributed by atoms with Crippen molar-refractivity contribution in [2.45, 2.75) is 11.1 Å². The van der Waals surface area contributed by atoms with Gasteiger partial charge in [0, 0.05) is 16.9 Å². The van der Waals surface area contributed by atoms with Crippen molar-refractivity contribution < 1.29 is 21.6 Å². The molecule has 1 rings (SSSR count). The van der Waals surface area contributed by atoms with Crippen LogP contribution in [0.2, 0.25) is 0 Å². The molecular formula is C6H2ClF3INO2S. The summed E-state index contributed by atoms with van der Waals surface area (Å²) in [4.78, 5) is 2.44. The lowest BCUT2D eigenvalue weighted by molar-refractivity contribution is -0.140. The Kier molecular flexibility index (Phi) is 3.51. The summed E-state index contributed by atoms with van der Waals surface area (Å²) < 4.78 is 58.8. The van der Waals surface area contributed by atoms with Crippen LogP contribution in [0.25, 0.3) is 0 Å². The van der Waals surface area contributed by atoms with E-state index in [1.807, 2.05) is 0 Å². The van der Waals surface area contributed by atoms with Crippen molar-refractivity contribution >= 4 is 42.3 Å². The molecule has 9 heteroatoms. The van der Waals surface area contributed by atoms with Gasteiger partial charge in [-0.1, -0.05) is 0 Å². The summed E-state index contributed by atoms with van der Waals surface area (Å²) in [6.45, 7) is 0. The van der Waals surface area contributed by atoms with Crippen LogP contribution in [0, 0.1) is 3.70 Å². The standard InChI is InChI=1S/C6H2ClF3INO2S/c7-15(13,14)4-3(6(8,9)10)1-2-12-5(4)11/h1-2H. The summed E-state index contributed by atoms with van der Waals surface area (Å²) in [6, 6.07) is 0.567. The fraction of sp³-hybridized carbons (Fsp3) is 0.167. The largest absolute Gasteiger partial charge is 0.417 e. The first-order valence-corrected chi connectivity index (χ1v) is 6.69. The Hall–Kier alpha value is -0.0900. The first-order valence-electron chi connectivity index (χ1n) is 3.30. The number of rotatable bonds is 1. The van der Waals surface area contributed by atoms with Crippen molar-refractivity contribution in [3.05, 3.63) is 21.5 Å². The van der Waals surface area contributed by atoms with Crippen molar-refractivity contribution in [3.8, 4) is 0 Å². The highest BCUT2D eigenvalue weighted by Crippen LogP contribution is 2.36. The van der Waals surface area contributed by atoms with Crippen LogP contribution in [-0.2, 0) is 15.2 Å². The number of hydrogen-bond donors (Lipinski definition) is 0. The topological polar surface area (TPSA) is 47.0 Å². The zero-order chi connectivity index (χ0) is 11.9. The molecule has 0 saturated carbocycles. The van der Waals surface area contributed by atoms with E-state index in [0.29, 0.717) is 6.07 Å². The quantitative estimate of drug-likeness (QED) is 0.433. The summed E-state index contributed by atoms with van der Waals surface area (Å²) >= 11 is 1.38. The molecule has 0 N–H and O–H groups in total. The first-order chi connectivity index (χ1) is 6.64. The van der Waals surface area contributed by atoms with E-state index in [9.17, 15) is 21.6 Å². The van der Waals surface area contributed by atoms with Gasteiger partial charge in [0.1, 0.15) is 8.60 Å². The predicted octanol–water partition coefficient (Wildman–Crippen LogP) is 2.63. The van der Waals surface area contributed by atoms with Crippen molar-refractivity contribution in [2.24, 2.45) is 0 Å². The van der Waals surface area contributed by atoms with E-state index >= 15 is 0 Å². The second kappa shape index (κ2) is 4.06. The molecular weight excluding hydrogens is 369 g/mol. The van der Waals surface area contributed by atoms with Gasteiger partial charge in [-0.15, -0.1) is 0 Å². The van der Waals surface area contributed by atoms with Crippen molar-refractivity contribution in [3.63, 3.8) is 0 Å². The fourth-order valence-corrected chi connectivity index (χ4v) is 3.76. The predicted molar refractivity (Wildman–Crippen MR) is 55.0 cm³/mol. The van der Waals surface area contributed by atoms with Gasteiger partial charge in [-0.25, -0.2) is 13.4 Å². The van der Waals surface area contributed by atoms with Crippen molar-refractivity contribution in [1.82, 2.24) is 4.98 Å². The Morgan fingerprint density at radius 1 is 1.40 bits per heavy atom. The van der Waals surface area contributed by atoms with Gasteiger partial charge in [-0.05, 0) is 28.7 Å². The number of aromatic nitrogens is 1. The Bertz CT molecular complexity index is 488. The number of pyridine rings is 1. The van der Waals surface area contributed by atoms with Crippen molar-refractivity contribution in [2.75, 3.05) is 0 Å². The molecule has 84 valence electrons. The van der Waals surface area contributed by atoms with Crippen LogP contribution < -0.4 is 0 Å². The van der Waals surface area contributed by atoms with E-state index in [-0.39, 0.29) is 3.70 Å². The Morgan fingerprint density at radius 2 is 1.93 bits per heavy atom. The minimum Gasteiger partial charge on any atom is -0.249 e. The molecule has 15 heavy (non-hydrogen) atoms. The highest BCUT2D eigenvalue weighted by atomic mass is 127. The highest BCUT2D eigenvalue weighted by Gasteiger charge is 2.38. The summed E-state index contributed by atoms with van der Waals surface area (Å²) in [5, 5.41) is 0. The van der Waals surface area contributed by atoms with Gasteiger partial charge < -0.3 is 0 Å². The molecule has 0 fully saturated rings. The maximum absolute atomic E-state index is 12.4.